The van der Waals surface area contributed by atoms with Crippen LogP contribution in [0.1, 0.15) is 25.8 Å². The molecule has 2 N–H and O–H groups in total. The topological polar surface area (TPSA) is 54.1 Å². The summed E-state index contributed by atoms with van der Waals surface area (Å²) in [5.74, 6) is 1.06. The predicted molar refractivity (Wildman–Crippen MR) is 81.0 cm³/mol. The van der Waals surface area contributed by atoms with E-state index in [2.05, 4.69) is 16.4 Å². The summed E-state index contributed by atoms with van der Waals surface area (Å²) in [6, 6.07) is 5.99. The maximum absolute atomic E-state index is 11.7. The van der Waals surface area contributed by atoms with Crippen molar-refractivity contribution in [3.63, 3.8) is 0 Å². The highest BCUT2D eigenvalue weighted by Gasteiger charge is 2.10. The van der Waals surface area contributed by atoms with Crippen LogP contribution >= 0.6 is 0 Å². The van der Waals surface area contributed by atoms with E-state index in [4.69, 9.17) is 4.74 Å². The first-order valence-corrected chi connectivity index (χ1v) is 7.07. The summed E-state index contributed by atoms with van der Waals surface area (Å²) in [6.07, 6.45) is 3.70. The first kappa shape index (κ1) is 14.4. The molecule has 1 aromatic carbocycles. The fraction of sp³-hybridized carbons (Fsp3) is 0.438. The van der Waals surface area contributed by atoms with Crippen molar-refractivity contribution in [1.29, 1.82) is 0 Å². The average Bonchev–Trinajstić information content (AvgIpc) is 2.88. The molecule has 0 radical (unpaired) electrons. The van der Waals surface area contributed by atoms with E-state index in [9.17, 15) is 4.79 Å². The van der Waals surface area contributed by atoms with Crippen molar-refractivity contribution in [2.45, 2.75) is 26.7 Å². The van der Waals surface area contributed by atoms with Gasteiger partial charge in [0.05, 0.1) is 7.11 Å². The number of hydrogen-bond donors (Lipinski definition) is 2. The van der Waals surface area contributed by atoms with E-state index in [0.717, 1.165) is 24.1 Å². The predicted octanol–water partition coefficient (Wildman–Crippen LogP) is 2.88. The number of fused-ring (bicyclic) bond motifs is 1. The summed E-state index contributed by atoms with van der Waals surface area (Å²) < 4.78 is 5.21. The van der Waals surface area contributed by atoms with Gasteiger partial charge in [-0.3, -0.25) is 4.79 Å². The molecule has 20 heavy (non-hydrogen) atoms. The van der Waals surface area contributed by atoms with Gasteiger partial charge in [0.1, 0.15) is 5.75 Å². The van der Waals surface area contributed by atoms with Gasteiger partial charge in [0.25, 0.3) is 0 Å². The van der Waals surface area contributed by atoms with Crippen LogP contribution in [0.3, 0.4) is 0 Å². The fourth-order valence-corrected chi connectivity index (χ4v) is 2.18. The molecule has 0 aliphatic rings. The van der Waals surface area contributed by atoms with E-state index in [1.165, 1.54) is 10.9 Å². The van der Waals surface area contributed by atoms with E-state index in [1.807, 2.05) is 32.2 Å². The third-order valence-electron chi connectivity index (χ3n) is 3.73. The highest BCUT2D eigenvalue weighted by atomic mass is 16.5. The Morgan fingerprint density at radius 2 is 2.25 bits per heavy atom. The Hall–Kier alpha value is -1.97. The van der Waals surface area contributed by atoms with Crippen LogP contribution in [0.15, 0.2) is 24.4 Å². The number of nitrogens with one attached hydrogen (secondary N) is 2. The van der Waals surface area contributed by atoms with E-state index >= 15 is 0 Å². The summed E-state index contributed by atoms with van der Waals surface area (Å²) in [7, 11) is 1.66. The van der Waals surface area contributed by atoms with Crippen LogP contribution in [-0.4, -0.2) is 24.5 Å². The second kappa shape index (κ2) is 6.46. The number of hydrogen-bond acceptors (Lipinski definition) is 2. The third kappa shape index (κ3) is 3.13. The largest absolute Gasteiger partial charge is 0.497 e. The summed E-state index contributed by atoms with van der Waals surface area (Å²) in [6.45, 7) is 4.65. The van der Waals surface area contributed by atoms with Gasteiger partial charge in [-0.25, -0.2) is 0 Å². The minimum Gasteiger partial charge on any atom is -0.497 e. The lowest BCUT2D eigenvalue weighted by Gasteiger charge is -2.09. The monoisotopic (exact) mass is 274 g/mol. The van der Waals surface area contributed by atoms with Crippen LogP contribution in [0.2, 0.25) is 0 Å². The van der Waals surface area contributed by atoms with Crippen molar-refractivity contribution < 1.29 is 9.53 Å². The molecule has 0 aliphatic heterocycles. The maximum atomic E-state index is 11.7. The molecule has 4 heteroatoms. The van der Waals surface area contributed by atoms with Crippen molar-refractivity contribution in [1.82, 2.24) is 10.3 Å². The zero-order valence-electron chi connectivity index (χ0n) is 12.3. The lowest BCUT2D eigenvalue weighted by atomic mass is 10.1. The van der Waals surface area contributed by atoms with Gasteiger partial charge in [-0.1, -0.05) is 13.8 Å². The molecular weight excluding hydrogens is 252 g/mol. The number of benzene rings is 1. The van der Waals surface area contributed by atoms with Crippen LogP contribution in [-0.2, 0) is 11.2 Å². The quantitative estimate of drug-likeness (QED) is 0.851. The first-order valence-electron chi connectivity index (χ1n) is 7.07. The Kier molecular flexibility index (Phi) is 4.66. The van der Waals surface area contributed by atoms with Gasteiger partial charge in [-0.2, -0.15) is 0 Å². The first-order chi connectivity index (χ1) is 9.65. The number of carbonyl (C=O) groups excluding carboxylic acids is 1. The second-order valence-corrected chi connectivity index (χ2v) is 5.08. The van der Waals surface area contributed by atoms with E-state index in [0.29, 0.717) is 6.54 Å². The molecule has 4 nitrogen and oxygen atoms in total. The molecule has 0 spiro atoms. The van der Waals surface area contributed by atoms with Crippen LogP contribution < -0.4 is 10.1 Å². The van der Waals surface area contributed by atoms with Gasteiger partial charge in [0.2, 0.25) is 5.91 Å². The molecule has 0 aliphatic carbocycles. The molecule has 108 valence electrons. The number of methoxy groups -OCH3 is 1. The molecule has 0 bridgehead atoms. The van der Waals surface area contributed by atoms with Gasteiger partial charge in [-0.05, 0) is 30.5 Å². The molecule has 1 atom stereocenters. The number of ether oxygens (including phenoxy) is 1. The summed E-state index contributed by atoms with van der Waals surface area (Å²) in [5, 5.41) is 4.17. The lowest BCUT2D eigenvalue weighted by molar-refractivity contribution is -0.124. The number of aromatic nitrogens is 1. The van der Waals surface area contributed by atoms with Gasteiger partial charge in [0.15, 0.2) is 0 Å². The van der Waals surface area contributed by atoms with Crippen LogP contribution in [0.5, 0.6) is 5.75 Å². The van der Waals surface area contributed by atoms with Crippen molar-refractivity contribution in [2.24, 2.45) is 5.92 Å². The van der Waals surface area contributed by atoms with Crippen molar-refractivity contribution >= 4 is 16.8 Å². The van der Waals surface area contributed by atoms with Crippen molar-refractivity contribution in [3.8, 4) is 5.75 Å². The standard InChI is InChI=1S/C16H22N2O2/c1-4-11(2)16(19)17-8-7-12-10-18-15-9-13(20-3)5-6-14(12)15/h5-6,9-11,18H,4,7-8H2,1-3H3,(H,17,19)/t11-/m0/s1. The van der Waals surface area contributed by atoms with Crippen LogP contribution in [0.4, 0.5) is 0 Å². The minimum atomic E-state index is 0.0854. The van der Waals surface area contributed by atoms with E-state index in [1.54, 1.807) is 7.11 Å². The number of aromatic amines is 1. The SMILES string of the molecule is CC[C@H](C)C(=O)NCCc1c[nH]c2cc(OC)ccc12. The van der Waals surface area contributed by atoms with E-state index < -0.39 is 0 Å². The number of H-pyrrole nitrogens is 1. The lowest BCUT2D eigenvalue weighted by Crippen LogP contribution is -2.30. The van der Waals surface area contributed by atoms with Crippen molar-refractivity contribution in [2.75, 3.05) is 13.7 Å². The molecule has 1 amide bonds. The summed E-state index contributed by atoms with van der Waals surface area (Å²) in [4.78, 5) is 15.0. The minimum absolute atomic E-state index is 0.0854. The van der Waals surface area contributed by atoms with Crippen molar-refractivity contribution in [3.05, 3.63) is 30.0 Å². The molecule has 1 aromatic heterocycles. The summed E-state index contributed by atoms with van der Waals surface area (Å²) >= 11 is 0. The Labute approximate surface area is 119 Å². The number of carbonyl (C=O) groups is 1. The van der Waals surface area contributed by atoms with Gasteiger partial charge >= 0.3 is 0 Å². The zero-order chi connectivity index (χ0) is 14.5. The number of amides is 1. The Bertz CT molecular complexity index is 589. The van der Waals surface area contributed by atoms with Crippen LogP contribution in [0.25, 0.3) is 10.9 Å². The Morgan fingerprint density at radius 1 is 1.45 bits per heavy atom. The molecule has 0 fully saturated rings. The maximum Gasteiger partial charge on any atom is 0.222 e. The normalized spacial score (nSPS) is 12.3. The second-order valence-electron chi connectivity index (χ2n) is 5.08. The van der Waals surface area contributed by atoms with Gasteiger partial charge in [-0.15, -0.1) is 0 Å². The molecule has 2 rings (SSSR count). The van der Waals surface area contributed by atoms with Gasteiger partial charge < -0.3 is 15.0 Å². The average molecular weight is 274 g/mol. The van der Waals surface area contributed by atoms with Crippen LogP contribution in [0, 0.1) is 5.92 Å². The molecule has 0 unspecified atom stereocenters. The fourth-order valence-electron chi connectivity index (χ4n) is 2.18. The number of rotatable bonds is 6. The Morgan fingerprint density at radius 3 is 2.95 bits per heavy atom. The Balaban J connectivity index is 1.98. The van der Waals surface area contributed by atoms with E-state index in [-0.39, 0.29) is 11.8 Å². The highest BCUT2D eigenvalue weighted by molar-refractivity contribution is 5.84. The summed E-state index contributed by atoms with van der Waals surface area (Å²) in [5.41, 5.74) is 2.28. The molecule has 2 aromatic rings. The smallest absolute Gasteiger partial charge is 0.222 e. The molecular formula is C16H22N2O2. The zero-order valence-corrected chi connectivity index (χ0v) is 12.3. The third-order valence-corrected chi connectivity index (χ3v) is 3.73. The molecule has 0 saturated heterocycles. The van der Waals surface area contributed by atoms with Gasteiger partial charge in [0, 0.05) is 35.6 Å². The molecule has 0 saturated carbocycles. The highest BCUT2D eigenvalue weighted by Crippen LogP contribution is 2.23. The molecule has 1 heterocycles.